The summed E-state index contributed by atoms with van der Waals surface area (Å²) in [5, 5.41) is 7.34. The first-order valence-electron chi connectivity index (χ1n) is 7.74. The fourth-order valence-electron chi connectivity index (χ4n) is 2.36. The van der Waals surface area contributed by atoms with E-state index < -0.39 is 0 Å². The molecule has 130 valence electrons. The second-order valence-electron chi connectivity index (χ2n) is 5.34. The van der Waals surface area contributed by atoms with Gasteiger partial charge in [-0.3, -0.25) is 9.36 Å². The fourth-order valence-corrected chi connectivity index (χ4v) is 3.15. The Morgan fingerprint density at radius 2 is 2.20 bits per heavy atom. The number of nitrogens with one attached hydrogen (secondary N) is 2. The summed E-state index contributed by atoms with van der Waals surface area (Å²) in [7, 11) is 1.60. The van der Waals surface area contributed by atoms with E-state index in [1.165, 1.54) is 22.2 Å². The number of rotatable bonds is 6. The first-order chi connectivity index (χ1) is 12.2. The maximum atomic E-state index is 12.2. The van der Waals surface area contributed by atoms with Crippen LogP contribution in [0.2, 0.25) is 0 Å². The number of ether oxygens (including phenoxy) is 1. The number of methoxy groups -OCH3 is 1. The van der Waals surface area contributed by atoms with Gasteiger partial charge in [0.2, 0.25) is 0 Å². The number of thiophene rings is 1. The number of aromatic nitrogens is 2. The van der Waals surface area contributed by atoms with Crippen molar-refractivity contribution in [1.82, 2.24) is 20.2 Å². The maximum Gasteiger partial charge on any atom is 0.315 e. The summed E-state index contributed by atoms with van der Waals surface area (Å²) in [4.78, 5) is 28.3. The Bertz CT molecular complexity index is 935. The lowest BCUT2D eigenvalue weighted by atomic mass is 10.2. The van der Waals surface area contributed by atoms with Crippen LogP contribution in [0.4, 0.5) is 4.79 Å². The van der Waals surface area contributed by atoms with Crippen LogP contribution in [0.25, 0.3) is 10.2 Å². The van der Waals surface area contributed by atoms with Crippen LogP contribution in [0.3, 0.4) is 0 Å². The number of benzene rings is 1. The molecule has 0 unspecified atom stereocenters. The van der Waals surface area contributed by atoms with Crippen LogP contribution in [-0.2, 0) is 13.1 Å². The molecule has 0 bridgehead atoms. The molecule has 0 radical (unpaired) electrons. The molecule has 0 aliphatic rings. The third-order valence-corrected chi connectivity index (χ3v) is 4.55. The highest BCUT2D eigenvalue weighted by Gasteiger charge is 2.06. The highest BCUT2D eigenvalue weighted by Crippen LogP contribution is 2.13. The monoisotopic (exact) mass is 358 g/mol. The number of urea groups is 1. The number of hydrogen-bond donors (Lipinski definition) is 2. The quantitative estimate of drug-likeness (QED) is 0.705. The topological polar surface area (TPSA) is 85.2 Å². The fraction of sp³-hybridized carbons (Fsp3) is 0.235. The minimum atomic E-state index is -0.291. The SMILES string of the molecule is COc1cccc(CNC(=O)NCCn2cnc3ccsc3c2=O)c1. The van der Waals surface area contributed by atoms with Gasteiger partial charge in [-0.25, -0.2) is 9.78 Å². The summed E-state index contributed by atoms with van der Waals surface area (Å²) in [6.45, 7) is 1.10. The predicted octanol–water partition coefficient (Wildman–Crippen LogP) is 1.97. The van der Waals surface area contributed by atoms with Crippen molar-refractivity contribution in [2.75, 3.05) is 13.7 Å². The zero-order chi connectivity index (χ0) is 17.6. The van der Waals surface area contributed by atoms with Crippen molar-refractivity contribution in [3.8, 4) is 5.75 Å². The van der Waals surface area contributed by atoms with E-state index in [1.807, 2.05) is 35.7 Å². The van der Waals surface area contributed by atoms with E-state index >= 15 is 0 Å². The standard InChI is InChI=1S/C17H18N4O3S/c1-24-13-4-2-3-12(9-13)10-19-17(23)18-6-7-21-11-20-14-5-8-25-15(14)16(21)22/h2-5,8-9,11H,6-7,10H2,1H3,(H2,18,19,23). The van der Waals surface area contributed by atoms with Gasteiger partial charge in [-0.15, -0.1) is 11.3 Å². The molecule has 3 aromatic rings. The molecular formula is C17H18N4O3S. The van der Waals surface area contributed by atoms with Gasteiger partial charge in [-0.1, -0.05) is 12.1 Å². The van der Waals surface area contributed by atoms with Crippen LogP contribution in [0.5, 0.6) is 5.75 Å². The molecular weight excluding hydrogens is 340 g/mol. The van der Waals surface area contributed by atoms with Gasteiger partial charge in [0, 0.05) is 19.6 Å². The Morgan fingerprint density at radius 1 is 1.32 bits per heavy atom. The Hall–Kier alpha value is -2.87. The molecule has 1 aromatic carbocycles. The molecule has 2 amide bonds. The summed E-state index contributed by atoms with van der Waals surface area (Å²) < 4.78 is 7.28. The second kappa shape index (κ2) is 7.80. The zero-order valence-electron chi connectivity index (χ0n) is 13.7. The van der Waals surface area contributed by atoms with Crippen LogP contribution >= 0.6 is 11.3 Å². The summed E-state index contributed by atoms with van der Waals surface area (Å²) in [5.41, 5.74) is 1.56. The Labute approximate surface area is 148 Å². The van der Waals surface area contributed by atoms with Crippen molar-refractivity contribution >= 4 is 27.6 Å². The lowest BCUT2D eigenvalue weighted by Crippen LogP contribution is -2.37. The lowest BCUT2D eigenvalue weighted by Gasteiger charge is -2.09. The Kier molecular flexibility index (Phi) is 5.30. The molecule has 0 spiro atoms. The van der Waals surface area contributed by atoms with Gasteiger partial charge < -0.3 is 15.4 Å². The van der Waals surface area contributed by atoms with Crippen molar-refractivity contribution in [2.45, 2.75) is 13.1 Å². The van der Waals surface area contributed by atoms with Crippen LogP contribution < -0.4 is 20.9 Å². The minimum Gasteiger partial charge on any atom is -0.497 e. The third kappa shape index (κ3) is 4.16. The van der Waals surface area contributed by atoms with Gasteiger partial charge in [0.1, 0.15) is 10.4 Å². The van der Waals surface area contributed by atoms with Crippen LogP contribution in [0.15, 0.2) is 46.8 Å². The van der Waals surface area contributed by atoms with Gasteiger partial charge in [0.25, 0.3) is 5.56 Å². The number of carbonyl (C=O) groups is 1. The first-order valence-corrected chi connectivity index (χ1v) is 8.62. The molecule has 3 rings (SSSR count). The summed E-state index contributed by atoms with van der Waals surface area (Å²) in [6, 6.07) is 9.01. The predicted molar refractivity (Wildman–Crippen MR) is 97.1 cm³/mol. The Balaban J connectivity index is 1.48. The van der Waals surface area contributed by atoms with Gasteiger partial charge in [0.15, 0.2) is 0 Å². The van der Waals surface area contributed by atoms with Gasteiger partial charge in [0.05, 0.1) is 19.0 Å². The zero-order valence-corrected chi connectivity index (χ0v) is 14.5. The van der Waals surface area contributed by atoms with Crippen LogP contribution in [0, 0.1) is 0 Å². The molecule has 0 atom stereocenters. The molecule has 0 aliphatic heterocycles. The normalized spacial score (nSPS) is 10.6. The number of hydrogen-bond acceptors (Lipinski definition) is 5. The highest BCUT2D eigenvalue weighted by atomic mass is 32.1. The lowest BCUT2D eigenvalue weighted by molar-refractivity contribution is 0.240. The van der Waals surface area contributed by atoms with E-state index in [0.29, 0.717) is 29.9 Å². The van der Waals surface area contributed by atoms with E-state index in [2.05, 4.69) is 15.6 Å². The van der Waals surface area contributed by atoms with Crippen molar-refractivity contribution in [1.29, 1.82) is 0 Å². The molecule has 2 N–H and O–H groups in total. The minimum absolute atomic E-state index is 0.0846. The third-order valence-electron chi connectivity index (χ3n) is 3.66. The van der Waals surface area contributed by atoms with Crippen molar-refractivity contribution in [3.63, 3.8) is 0 Å². The molecule has 0 fully saturated rings. The van der Waals surface area contributed by atoms with E-state index in [0.717, 1.165) is 11.3 Å². The number of carbonyl (C=O) groups excluding carboxylic acids is 1. The average molecular weight is 358 g/mol. The van der Waals surface area contributed by atoms with Crippen LogP contribution in [-0.4, -0.2) is 29.2 Å². The van der Waals surface area contributed by atoms with E-state index in [-0.39, 0.29) is 11.6 Å². The van der Waals surface area contributed by atoms with Gasteiger partial charge >= 0.3 is 6.03 Å². The van der Waals surface area contributed by atoms with E-state index in [9.17, 15) is 9.59 Å². The molecule has 2 heterocycles. The van der Waals surface area contributed by atoms with Crippen molar-refractivity contribution < 1.29 is 9.53 Å². The maximum absolute atomic E-state index is 12.2. The largest absolute Gasteiger partial charge is 0.497 e. The smallest absolute Gasteiger partial charge is 0.315 e. The summed E-state index contributed by atoms with van der Waals surface area (Å²) in [6.07, 6.45) is 1.51. The molecule has 8 heteroatoms. The van der Waals surface area contributed by atoms with E-state index in [1.54, 1.807) is 7.11 Å². The number of amides is 2. The number of fused-ring (bicyclic) bond motifs is 1. The first kappa shape index (κ1) is 17.0. The van der Waals surface area contributed by atoms with Gasteiger partial charge in [-0.05, 0) is 29.1 Å². The summed E-state index contributed by atoms with van der Waals surface area (Å²) in [5.74, 6) is 0.746. The van der Waals surface area contributed by atoms with Gasteiger partial charge in [-0.2, -0.15) is 0 Å². The van der Waals surface area contributed by atoms with Crippen molar-refractivity contribution in [3.05, 3.63) is 58.0 Å². The molecule has 0 saturated heterocycles. The van der Waals surface area contributed by atoms with E-state index in [4.69, 9.17) is 4.74 Å². The molecule has 0 aliphatic carbocycles. The molecule has 7 nitrogen and oxygen atoms in total. The molecule has 2 aromatic heterocycles. The average Bonchev–Trinajstić information content (AvgIpc) is 3.12. The molecule has 25 heavy (non-hydrogen) atoms. The van der Waals surface area contributed by atoms with Crippen LogP contribution in [0.1, 0.15) is 5.56 Å². The summed E-state index contributed by atoms with van der Waals surface area (Å²) >= 11 is 1.37. The second-order valence-corrected chi connectivity index (χ2v) is 6.26. The van der Waals surface area contributed by atoms with Crippen molar-refractivity contribution in [2.24, 2.45) is 0 Å². The molecule has 0 saturated carbocycles. The Morgan fingerprint density at radius 3 is 3.04 bits per heavy atom. The number of nitrogens with zero attached hydrogens (tertiary/aromatic N) is 2. The highest BCUT2D eigenvalue weighted by molar-refractivity contribution is 7.17.